The molecule has 1 fully saturated rings. The van der Waals surface area contributed by atoms with E-state index in [4.69, 9.17) is 11.6 Å². The second-order valence-electron chi connectivity index (χ2n) is 4.91. The van der Waals surface area contributed by atoms with Crippen molar-refractivity contribution in [3.8, 4) is 0 Å². The predicted octanol–water partition coefficient (Wildman–Crippen LogP) is 3.17. The van der Waals surface area contributed by atoms with Crippen LogP contribution in [-0.4, -0.2) is 18.2 Å². The van der Waals surface area contributed by atoms with Crippen molar-refractivity contribution in [2.24, 2.45) is 11.8 Å². The van der Waals surface area contributed by atoms with Crippen molar-refractivity contribution in [2.75, 3.05) is 13.1 Å². The lowest BCUT2D eigenvalue weighted by Gasteiger charge is -2.44. The summed E-state index contributed by atoms with van der Waals surface area (Å²) in [6.45, 7) is 5.74. The van der Waals surface area contributed by atoms with Gasteiger partial charge in [0.1, 0.15) is 0 Å². The molecule has 2 unspecified atom stereocenters. The molecule has 2 nitrogen and oxygen atoms in total. The molecule has 1 aliphatic rings. The fraction of sp³-hybridized carbons (Fsp3) is 0.538. The van der Waals surface area contributed by atoms with Gasteiger partial charge in [-0.25, -0.2) is 0 Å². The SMILES string of the molecule is CC1CNCC(C)C1(O)c1ccc(Br)cc1Cl. The number of halogens is 2. The Morgan fingerprint density at radius 2 is 1.94 bits per heavy atom. The highest BCUT2D eigenvalue weighted by Crippen LogP contribution is 2.42. The number of hydrogen-bond acceptors (Lipinski definition) is 2. The summed E-state index contributed by atoms with van der Waals surface area (Å²) in [6.07, 6.45) is 0. The summed E-state index contributed by atoms with van der Waals surface area (Å²) in [7, 11) is 0. The molecule has 1 aromatic rings. The quantitative estimate of drug-likeness (QED) is 0.833. The molecule has 0 aromatic heterocycles. The lowest BCUT2D eigenvalue weighted by Crippen LogP contribution is -2.52. The normalized spacial score (nSPS) is 33.7. The fourth-order valence-corrected chi connectivity index (χ4v) is 3.48. The van der Waals surface area contributed by atoms with E-state index in [0.29, 0.717) is 5.02 Å². The second-order valence-corrected chi connectivity index (χ2v) is 6.23. The Balaban J connectivity index is 2.48. The Kier molecular flexibility index (Phi) is 3.83. The van der Waals surface area contributed by atoms with Crippen LogP contribution in [0.1, 0.15) is 19.4 Å². The van der Waals surface area contributed by atoms with Gasteiger partial charge in [-0.3, -0.25) is 0 Å². The standard InChI is InChI=1S/C13H17BrClNO/c1-8-6-16-7-9(2)13(8,17)11-4-3-10(14)5-12(11)15/h3-5,8-9,16-17H,6-7H2,1-2H3. The molecule has 4 heteroatoms. The van der Waals surface area contributed by atoms with Gasteiger partial charge in [-0.2, -0.15) is 0 Å². The van der Waals surface area contributed by atoms with Gasteiger partial charge in [0.2, 0.25) is 0 Å². The highest BCUT2D eigenvalue weighted by atomic mass is 79.9. The third kappa shape index (κ3) is 2.26. The van der Waals surface area contributed by atoms with Crippen molar-refractivity contribution >= 4 is 27.5 Å². The van der Waals surface area contributed by atoms with Gasteiger partial charge in [-0.05, 0) is 12.1 Å². The summed E-state index contributed by atoms with van der Waals surface area (Å²) < 4.78 is 0.934. The summed E-state index contributed by atoms with van der Waals surface area (Å²) in [6, 6.07) is 5.70. The van der Waals surface area contributed by atoms with E-state index in [1.165, 1.54) is 0 Å². The lowest BCUT2D eigenvalue weighted by molar-refractivity contribution is -0.0806. The number of benzene rings is 1. The van der Waals surface area contributed by atoms with Crippen LogP contribution in [0.3, 0.4) is 0 Å². The molecule has 0 radical (unpaired) electrons. The van der Waals surface area contributed by atoms with Crippen LogP contribution in [-0.2, 0) is 5.60 Å². The Bertz CT molecular complexity index is 414. The summed E-state index contributed by atoms with van der Waals surface area (Å²) >= 11 is 9.66. The van der Waals surface area contributed by atoms with Crippen LogP contribution in [0.25, 0.3) is 0 Å². The molecule has 0 saturated carbocycles. The fourth-order valence-electron chi connectivity index (χ4n) is 2.66. The number of hydrogen-bond donors (Lipinski definition) is 2. The molecule has 94 valence electrons. The monoisotopic (exact) mass is 317 g/mol. The maximum absolute atomic E-state index is 11.0. The van der Waals surface area contributed by atoms with Crippen LogP contribution < -0.4 is 5.32 Å². The molecule has 17 heavy (non-hydrogen) atoms. The zero-order valence-electron chi connectivity index (χ0n) is 10.0. The molecule has 1 saturated heterocycles. The molecule has 1 aliphatic heterocycles. The first-order chi connectivity index (χ1) is 7.96. The third-order valence-electron chi connectivity index (χ3n) is 3.77. The van der Waals surface area contributed by atoms with Gasteiger partial charge in [-0.15, -0.1) is 0 Å². The first-order valence-electron chi connectivity index (χ1n) is 5.85. The molecule has 0 aliphatic carbocycles. The highest BCUT2D eigenvalue weighted by molar-refractivity contribution is 9.10. The molecule has 2 rings (SSSR count). The van der Waals surface area contributed by atoms with Crippen molar-refractivity contribution in [1.29, 1.82) is 0 Å². The predicted molar refractivity (Wildman–Crippen MR) is 74.2 cm³/mol. The minimum atomic E-state index is -0.844. The number of piperidine rings is 1. The summed E-state index contributed by atoms with van der Waals surface area (Å²) in [5, 5.41) is 15.0. The number of rotatable bonds is 1. The minimum Gasteiger partial charge on any atom is -0.384 e. The minimum absolute atomic E-state index is 0.143. The molecule has 0 amide bonds. The summed E-state index contributed by atoms with van der Waals surface area (Å²) in [4.78, 5) is 0. The largest absolute Gasteiger partial charge is 0.384 e. The molecular weight excluding hydrogens is 302 g/mol. The Labute approximate surface area is 115 Å². The highest BCUT2D eigenvalue weighted by Gasteiger charge is 2.44. The van der Waals surface area contributed by atoms with E-state index in [9.17, 15) is 5.11 Å². The van der Waals surface area contributed by atoms with Crippen LogP contribution in [0, 0.1) is 11.8 Å². The van der Waals surface area contributed by atoms with Crippen LogP contribution in [0.15, 0.2) is 22.7 Å². The second kappa shape index (κ2) is 4.88. The summed E-state index contributed by atoms with van der Waals surface area (Å²) in [5.41, 5.74) is -0.00730. The summed E-state index contributed by atoms with van der Waals surface area (Å²) in [5.74, 6) is 0.287. The zero-order chi connectivity index (χ0) is 12.6. The van der Waals surface area contributed by atoms with E-state index >= 15 is 0 Å². The van der Waals surface area contributed by atoms with Gasteiger partial charge in [0.05, 0.1) is 5.60 Å². The molecule has 2 atom stereocenters. The number of aliphatic hydroxyl groups is 1. The smallest absolute Gasteiger partial charge is 0.0985 e. The average molecular weight is 319 g/mol. The molecule has 1 aromatic carbocycles. The maximum Gasteiger partial charge on any atom is 0.0985 e. The van der Waals surface area contributed by atoms with Crippen LogP contribution in [0.4, 0.5) is 0 Å². The van der Waals surface area contributed by atoms with Gasteiger partial charge < -0.3 is 10.4 Å². The van der Waals surface area contributed by atoms with E-state index in [0.717, 1.165) is 23.1 Å². The third-order valence-corrected chi connectivity index (χ3v) is 4.57. The Morgan fingerprint density at radius 3 is 2.47 bits per heavy atom. The Morgan fingerprint density at radius 1 is 1.35 bits per heavy atom. The topological polar surface area (TPSA) is 32.3 Å². The Hall–Kier alpha value is -0.0900. The van der Waals surface area contributed by atoms with Crippen LogP contribution in [0.5, 0.6) is 0 Å². The lowest BCUT2D eigenvalue weighted by atomic mass is 9.71. The van der Waals surface area contributed by atoms with E-state index in [2.05, 4.69) is 35.1 Å². The first-order valence-corrected chi connectivity index (χ1v) is 7.02. The molecule has 1 heterocycles. The van der Waals surface area contributed by atoms with Gasteiger partial charge in [-0.1, -0.05) is 47.4 Å². The molecule has 2 N–H and O–H groups in total. The number of nitrogens with one attached hydrogen (secondary N) is 1. The van der Waals surface area contributed by atoms with Crippen LogP contribution in [0.2, 0.25) is 5.02 Å². The molecule has 0 bridgehead atoms. The van der Waals surface area contributed by atoms with Gasteiger partial charge >= 0.3 is 0 Å². The van der Waals surface area contributed by atoms with Crippen molar-refractivity contribution in [3.63, 3.8) is 0 Å². The van der Waals surface area contributed by atoms with Crippen molar-refractivity contribution in [3.05, 3.63) is 33.3 Å². The van der Waals surface area contributed by atoms with Crippen molar-refractivity contribution in [1.82, 2.24) is 5.32 Å². The van der Waals surface area contributed by atoms with Crippen molar-refractivity contribution < 1.29 is 5.11 Å². The molecule has 0 spiro atoms. The van der Waals surface area contributed by atoms with Gasteiger partial charge in [0.25, 0.3) is 0 Å². The van der Waals surface area contributed by atoms with E-state index in [1.807, 2.05) is 18.2 Å². The maximum atomic E-state index is 11.0. The van der Waals surface area contributed by atoms with E-state index in [1.54, 1.807) is 0 Å². The molecular formula is C13H17BrClNO. The average Bonchev–Trinajstić information content (AvgIpc) is 2.26. The van der Waals surface area contributed by atoms with Crippen molar-refractivity contribution in [2.45, 2.75) is 19.4 Å². The van der Waals surface area contributed by atoms with E-state index < -0.39 is 5.60 Å². The van der Waals surface area contributed by atoms with E-state index in [-0.39, 0.29) is 11.8 Å². The van der Waals surface area contributed by atoms with Gasteiger partial charge in [0.15, 0.2) is 0 Å². The van der Waals surface area contributed by atoms with Crippen LogP contribution >= 0.6 is 27.5 Å². The zero-order valence-corrected chi connectivity index (χ0v) is 12.3. The first kappa shape index (κ1) is 13.3. The van der Waals surface area contributed by atoms with Gasteiger partial charge in [0, 0.05) is 40.0 Å².